The zero-order chi connectivity index (χ0) is 18.3. The number of thioether (sulfide) groups is 1. The Labute approximate surface area is 151 Å². The lowest BCUT2D eigenvalue weighted by molar-refractivity contribution is -0.203. The minimum absolute atomic E-state index is 0.0886. The molecule has 1 N–H and O–H groups in total. The van der Waals surface area contributed by atoms with Crippen molar-refractivity contribution in [3.05, 3.63) is 0 Å². The maximum atomic E-state index is 10.9. The average molecular weight is 374 g/mol. The van der Waals surface area contributed by atoms with E-state index in [0.717, 1.165) is 0 Å². The molecule has 0 aliphatic carbocycles. The van der Waals surface area contributed by atoms with Gasteiger partial charge in [0.1, 0.15) is 17.6 Å². The molecular weight excluding hydrogens is 342 g/mol. The van der Waals surface area contributed by atoms with Crippen molar-refractivity contribution in [1.29, 1.82) is 5.26 Å². The van der Waals surface area contributed by atoms with E-state index in [-0.39, 0.29) is 33.6 Å². The standard InChI is InChI=1S/C17H31NO4SSi/c1-11-13(19)14-12(21-15(11)23-9-8-18)10-20-24(22-14,16(2,3)4)17(5,6)7/h11-15,19H,9-10H2,1-7H3/t11-,12?,13?,14+,15-/m0/s1. The number of hydrogen-bond acceptors (Lipinski definition) is 6. The molecule has 2 saturated heterocycles. The number of rotatable bonds is 2. The normalized spacial score (nSPS) is 36.7. The third kappa shape index (κ3) is 3.42. The first-order valence-corrected chi connectivity index (χ1v) is 11.4. The first-order chi connectivity index (χ1) is 10.9. The van der Waals surface area contributed by atoms with Crippen molar-refractivity contribution >= 4 is 20.3 Å². The van der Waals surface area contributed by atoms with E-state index in [9.17, 15) is 5.11 Å². The van der Waals surface area contributed by atoms with Gasteiger partial charge in [0, 0.05) is 16.0 Å². The van der Waals surface area contributed by atoms with Gasteiger partial charge < -0.3 is 18.7 Å². The Bertz CT molecular complexity index is 480. The van der Waals surface area contributed by atoms with Crippen LogP contribution in [0, 0.1) is 17.2 Å². The number of aliphatic hydroxyl groups is 1. The van der Waals surface area contributed by atoms with Crippen LogP contribution in [0.2, 0.25) is 10.1 Å². The van der Waals surface area contributed by atoms with Crippen molar-refractivity contribution in [1.82, 2.24) is 0 Å². The molecule has 138 valence electrons. The summed E-state index contributed by atoms with van der Waals surface area (Å²) in [4.78, 5) is 0. The Morgan fingerprint density at radius 3 is 2.29 bits per heavy atom. The van der Waals surface area contributed by atoms with Crippen molar-refractivity contribution < 1.29 is 18.7 Å². The summed E-state index contributed by atoms with van der Waals surface area (Å²) in [5.74, 6) is 0.262. The number of aliphatic hydroxyl groups excluding tert-OH is 1. The van der Waals surface area contributed by atoms with Gasteiger partial charge >= 0.3 is 8.56 Å². The molecule has 0 aromatic heterocycles. The number of fused-ring (bicyclic) bond motifs is 1. The Balaban J connectivity index is 2.26. The summed E-state index contributed by atoms with van der Waals surface area (Å²) < 4.78 is 19.1. The Morgan fingerprint density at radius 2 is 1.79 bits per heavy atom. The highest BCUT2D eigenvalue weighted by atomic mass is 32.2. The highest BCUT2D eigenvalue weighted by molar-refractivity contribution is 7.99. The summed E-state index contributed by atoms with van der Waals surface area (Å²) in [6.07, 6.45) is -1.25. The van der Waals surface area contributed by atoms with Gasteiger partial charge in [-0.15, -0.1) is 11.8 Å². The molecule has 2 heterocycles. The summed E-state index contributed by atoms with van der Waals surface area (Å²) in [7, 11) is -2.61. The largest absolute Gasteiger partial charge is 0.391 e. The number of nitrogens with zero attached hydrogens (tertiary/aromatic N) is 1. The SMILES string of the molecule is C[C@H]1C(O)[C@@H]2O[Si](C(C)(C)C)(C(C)(C)C)OCC2O[C@H]1SCC#N. The van der Waals surface area contributed by atoms with E-state index in [1.54, 1.807) is 0 Å². The highest BCUT2D eigenvalue weighted by Gasteiger charge is 2.64. The van der Waals surface area contributed by atoms with E-state index in [1.165, 1.54) is 11.8 Å². The summed E-state index contributed by atoms with van der Waals surface area (Å²) in [6, 6.07) is 2.12. The number of nitriles is 1. The summed E-state index contributed by atoms with van der Waals surface area (Å²) in [6.45, 7) is 15.4. The van der Waals surface area contributed by atoms with Crippen LogP contribution in [-0.2, 0) is 13.6 Å². The van der Waals surface area contributed by atoms with Crippen molar-refractivity contribution in [2.45, 2.75) is 82.3 Å². The van der Waals surface area contributed by atoms with Crippen LogP contribution in [0.1, 0.15) is 48.5 Å². The van der Waals surface area contributed by atoms with Crippen LogP contribution >= 0.6 is 11.8 Å². The maximum absolute atomic E-state index is 10.9. The van der Waals surface area contributed by atoms with Gasteiger partial charge in [0.15, 0.2) is 0 Å². The smallest absolute Gasteiger partial charge is 0.349 e. The minimum atomic E-state index is -2.61. The van der Waals surface area contributed by atoms with Crippen molar-refractivity contribution in [2.24, 2.45) is 5.92 Å². The molecule has 0 spiro atoms. The first-order valence-electron chi connectivity index (χ1n) is 8.58. The van der Waals surface area contributed by atoms with E-state index in [0.29, 0.717) is 12.4 Å². The molecule has 24 heavy (non-hydrogen) atoms. The fraction of sp³-hybridized carbons (Fsp3) is 0.941. The van der Waals surface area contributed by atoms with E-state index >= 15 is 0 Å². The lowest BCUT2D eigenvalue weighted by Gasteiger charge is -2.57. The second-order valence-electron chi connectivity index (χ2n) is 8.87. The summed E-state index contributed by atoms with van der Waals surface area (Å²) >= 11 is 1.43. The monoisotopic (exact) mass is 373 g/mol. The van der Waals surface area contributed by atoms with Crippen molar-refractivity contribution in [3.63, 3.8) is 0 Å². The molecule has 2 unspecified atom stereocenters. The van der Waals surface area contributed by atoms with Gasteiger partial charge in [-0.2, -0.15) is 5.26 Å². The Morgan fingerprint density at radius 1 is 1.21 bits per heavy atom. The van der Waals surface area contributed by atoms with Gasteiger partial charge in [0.2, 0.25) is 0 Å². The molecular formula is C17H31NO4SSi. The van der Waals surface area contributed by atoms with Gasteiger partial charge in [-0.25, -0.2) is 0 Å². The van der Waals surface area contributed by atoms with Gasteiger partial charge in [-0.05, 0) is 0 Å². The highest BCUT2D eigenvalue weighted by Crippen LogP contribution is 2.55. The second kappa shape index (κ2) is 6.90. The van der Waals surface area contributed by atoms with Gasteiger partial charge in [-0.1, -0.05) is 48.5 Å². The molecule has 0 aromatic carbocycles. The fourth-order valence-electron chi connectivity index (χ4n) is 3.98. The molecule has 2 aliphatic heterocycles. The van der Waals surface area contributed by atoms with E-state index in [2.05, 4.69) is 47.6 Å². The van der Waals surface area contributed by atoms with Crippen molar-refractivity contribution in [3.8, 4) is 6.07 Å². The van der Waals surface area contributed by atoms with Crippen LogP contribution < -0.4 is 0 Å². The molecule has 0 amide bonds. The van der Waals surface area contributed by atoms with E-state index < -0.39 is 14.7 Å². The molecule has 0 radical (unpaired) electrons. The molecule has 2 fully saturated rings. The molecule has 7 heteroatoms. The van der Waals surface area contributed by atoms with Gasteiger partial charge in [0.25, 0.3) is 0 Å². The quantitative estimate of drug-likeness (QED) is 0.748. The molecule has 2 aliphatic rings. The van der Waals surface area contributed by atoms with Crippen LogP contribution in [0.25, 0.3) is 0 Å². The van der Waals surface area contributed by atoms with Crippen LogP contribution in [-0.4, -0.2) is 49.8 Å². The predicted octanol–water partition coefficient (Wildman–Crippen LogP) is 3.42. The van der Waals surface area contributed by atoms with Crippen LogP contribution in [0.15, 0.2) is 0 Å². The van der Waals surface area contributed by atoms with E-state index in [1.807, 2.05) is 6.92 Å². The third-order valence-electron chi connectivity index (χ3n) is 5.02. The number of ether oxygens (including phenoxy) is 1. The maximum Gasteiger partial charge on any atom is 0.349 e. The topological polar surface area (TPSA) is 71.7 Å². The molecule has 2 rings (SSSR count). The zero-order valence-corrected chi connectivity index (χ0v) is 17.6. The number of hydrogen-bond donors (Lipinski definition) is 1. The van der Waals surface area contributed by atoms with Crippen molar-refractivity contribution in [2.75, 3.05) is 12.4 Å². The van der Waals surface area contributed by atoms with Gasteiger partial charge in [-0.3, -0.25) is 0 Å². The molecule has 0 saturated carbocycles. The lowest BCUT2D eigenvalue weighted by atomic mass is 9.94. The predicted molar refractivity (Wildman–Crippen MR) is 97.9 cm³/mol. The molecule has 0 aromatic rings. The third-order valence-corrected chi connectivity index (χ3v) is 11.3. The molecule has 5 nitrogen and oxygen atoms in total. The Kier molecular flexibility index (Phi) is 5.81. The Hall–Kier alpha value is -0.103. The minimum Gasteiger partial charge on any atom is -0.391 e. The van der Waals surface area contributed by atoms with Crippen LogP contribution in [0.4, 0.5) is 0 Å². The fourth-order valence-corrected chi connectivity index (χ4v) is 9.87. The van der Waals surface area contributed by atoms with Gasteiger partial charge in [0.05, 0.1) is 24.5 Å². The van der Waals surface area contributed by atoms with E-state index in [4.69, 9.17) is 18.9 Å². The summed E-state index contributed by atoms with van der Waals surface area (Å²) in [5, 5.41) is 19.4. The average Bonchev–Trinajstić information content (AvgIpc) is 2.46. The second-order valence-corrected chi connectivity index (χ2v) is 14.7. The zero-order valence-electron chi connectivity index (χ0n) is 15.8. The van der Waals surface area contributed by atoms with Crippen LogP contribution in [0.3, 0.4) is 0 Å². The van der Waals surface area contributed by atoms with Crippen LogP contribution in [0.5, 0.6) is 0 Å². The first kappa shape index (κ1) is 20.2. The molecule has 5 atom stereocenters. The summed E-state index contributed by atoms with van der Waals surface area (Å²) in [5.41, 5.74) is -0.202. The molecule has 0 bridgehead atoms. The lowest BCUT2D eigenvalue weighted by Crippen LogP contribution is -2.69.